The number of para-hydroxylation sites is 1. The normalized spacial score (nSPS) is 10.2. The SMILES string of the molecule is Cc1nc(CNC(=O)N(C)c2ccccc2C(=O)O)cs1. The second-order valence-corrected chi connectivity index (χ2v) is 5.46. The van der Waals surface area contributed by atoms with Crippen LogP contribution in [0.5, 0.6) is 0 Å². The van der Waals surface area contributed by atoms with E-state index in [2.05, 4.69) is 10.3 Å². The fourth-order valence-corrected chi connectivity index (χ4v) is 2.44. The van der Waals surface area contributed by atoms with Crippen LogP contribution >= 0.6 is 11.3 Å². The van der Waals surface area contributed by atoms with Gasteiger partial charge in [0.05, 0.1) is 28.5 Å². The predicted molar refractivity (Wildman–Crippen MR) is 80.9 cm³/mol. The number of carboxylic acids is 1. The molecule has 0 bridgehead atoms. The van der Waals surface area contributed by atoms with Crippen molar-refractivity contribution in [1.29, 1.82) is 0 Å². The van der Waals surface area contributed by atoms with E-state index >= 15 is 0 Å². The monoisotopic (exact) mass is 305 g/mol. The lowest BCUT2D eigenvalue weighted by molar-refractivity contribution is 0.0697. The van der Waals surface area contributed by atoms with Crippen molar-refractivity contribution < 1.29 is 14.7 Å². The predicted octanol–water partition coefficient (Wildman–Crippen LogP) is 2.50. The number of anilines is 1. The molecule has 2 N–H and O–H groups in total. The Morgan fingerprint density at radius 3 is 2.71 bits per heavy atom. The van der Waals surface area contributed by atoms with Crippen LogP contribution in [0, 0.1) is 6.92 Å². The number of hydrogen-bond acceptors (Lipinski definition) is 4. The summed E-state index contributed by atoms with van der Waals surface area (Å²) in [6, 6.07) is 5.99. The van der Waals surface area contributed by atoms with Crippen molar-refractivity contribution in [2.45, 2.75) is 13.5 Å². The molecule has 0 fully saturated rings. The lowest BCUT2D eigenvalue weighted by Crippen LogP contribution is -2.37. The summed E-state index contributed by atoms with van der Waals surface area (Å²) in [5.41, 5.74) is 1.21. The summed E-state index contributed by atoms with van der Waals surface area (Å²) < 4.78 is 0. The van der Waals surface area contributed by atoms with Crippen molar-refractivity contribution >= 4 is 29.0 Å². The standard InChI is InChI=1S/C14H15N3O3S/c1-9-16-10(8-21-9)7-15-14(20)17(2)12-6-4-3-5-11(12)13(18)19/h3-6,8H,7H2,1-2H3,(H,15,20)(H,18,19). The van der Waals surface area contributed by atoms with E-state index < -0.39 is 5.97 Å². The van der Waals surface area contributed by atoms with E-state index in [1.54, 1.807) is 18.2 Å². The van der Waals surface area contributed by atoms with Crippen LogP contribution in [0.15, 0.2) is 29.6 Å². The molecular formula is C14H15N3O3S. The molecule has 0 atom stereocenters. The van der Waals surface area contributed by atoms with E-state index in [9.17, 15) is 9.59 Å². The van der Waals surface area contributed by atoms with Gasteiger partial charge in [0.2, 0.25) is 0 Å². The topological polar surface area (TPSA) is 82.5 Å². The molecule has 0 spiro atoms. The number of benzene rings is 1. The molecule has 6 nitrogen and oxygen atoms in total. The number of aryl methyl sites for hydroxylation is 1. The van der Waals surface area contributed by atoms with Gasteiger partial charge in [-0.25, -0.2) is 14.6 Å². The van der Waals surface area contributed by atoms with E-state index in [0.717, 1.165) is 10.7 Å². The second kappa shape index (κ2) is 6.36. The van der Waals surface area contributed by atoms with Crippen molar-refractivity contribution in [2.24, 2.45) is 0 Å². The quantitative estimate of drug-likeness (QED) is 0.909. The Kier molecular flexibility index (Phi) is 4.54. The van der Waals surface area contributed by atoms with Crippen molar-refractivity contribution in [2.75, 3.05) is 11.9 Å². The van der Waals surface area contributed by atoms with Crippen LogP contribution in [0.2, 0.25) is 0 Å². The largest absolute Gasteiger partial charge is 0.478 e. The first-order valence-corrected chi connectivity index (χ1v) is 7.12. The molecular weight excluding hydrogens is 290 g/mol. The Morgan fingerprint density at radius 1 is 1.38 bits per heavy atom. The van der Waals surface area contributed by atoms with E-state index in [1.165, 1.54) is 29.4 Å². The van der Waals surface area contributed by atoms with Gasteiger partial charge >= 0.3 is 12.0 Å². The van der Waals surface area contributed by atoms with Crippen molar-refractivity contribution in [3.8, 4) is 0 Å². The number of hydrogen-bond donors (Lipinski definition) is 2. The fourth-order valence-electron chi connectivity index (χ4n) is 1.83. The molecule has 0 radical (unpaired) electrons. The maximum absolute atomic E-state index is 12.1. The minimum absolute atomic E-state index is 0.0830. The van der Waals surface area contributed by atoms with E-state index in [0.29, 0.717) is 12.2 Å². The number of aromatic nitrogens is 1. The minimum atomic E-state index is -1.07. The molecule has 0 aliphatic heterocycles. The number of urea groups is 1. The molecule has 110 valence electrons. The number of nitrogens with one attached hydrogen (secondary N) is 1. The van der Waals surface area contributed by atoms with Crippen LogP contribution in [0.3, 0.4) is 0 Å². The number of thiazole rings is 1. The third kappa shape index (κ3) is 3.57. The summed E-state index contributed by atoms with van der Waals surface area (Å²) in [5.74, 6) is -1.07. The number of rotatable bonds is 4. The van der Waals surface area contributed by atoms with Crippen LogP contribution in [0.4, 0.5) is 10.5 Å². The van der Waals surface area contributed by atoms with Gasteiger partial charge < -0.3 is 10.4 Å². The smallest absolute Gasteiger partial charge is 0.337 e. The first-order valence-electron chi connectivity index (χ1n) is 6.24. The number of amides is 2. The zero-order valence-corrected chi connectivity index (χ0v) is 12.5. The van der Waals surface area contributed by atoms with E-state index in [4.69, 9.17) is 5.11 Å². The van der Waals surface area contributed by atoms with Crippen LogP contribution in [0.25, 0.3) is 0 Å². The zero-order valence-electron chi connectivity index (χ0n) is 11.7. The highest BCUT2D eigenvalue weighted by Gasteiger charge is 2.17. The Hall–Kier alpha value is -2.41. The molecule has 2 amide bonds. The number of carbonyl (C=O) groups is 2. The molecule has 2 aromatic rings. The average molecular weight is 305 g/mol. The Labute approximate surface area is 126 Å². The fraction of sp³-hybridized carbons (Fsp3) is 0.214. The van der Waals surface area contributed by atoms with E-state index in [1.807, 2.05) is 12.3 Å². The third-order valence-corrected chi connectivity index (χ3v) is 3.71. The van der Waals surface area contributed by atoms with Gasteiger partial charge in [0.25, 0.3) is 0 Å². The van der Waals surface area contributed by atoms with Gasteiger partial charge in [0, 0.05) is 12.4 Å². The molecule has 0 aliphatic carbocycles. The average Bonchev–Trinajstić information content (AvgIpc) is 2.89. The number of carbonyl (C=O) groups excluding carboxylic acids is 1. The van der Waals surface area contributed by atoms with Crippen LogP contribution in [0.1, 0.15) is 21.1 Å². The van der Waals surface area contributed by atoms with Crippen LogP contribution in [-0.2, 0) is 6.54 Å². The maximum Gasteiger partial charge on any atom is 0.337 e. The summed E-state index contributed by atoms with van der Waals surface area (Å²) in [6.45, 7) is 2.20. The van der Waals surface area contributed by atoms with Gasteiger partial charge in [0.15, 0.2) is 0 Å². The van der Waals surface area contributed by atoms with Gasteiger partial charge in [-0.05, 0) is 19.1 Å². The van der Waals surface area contributed by atoms with Gasteiger partial charge in [-0.15, -0.1) is 11.3 Å². The summed E-state index contributed by atoms with van der Waals surface area (Å²) in [4.78, 5) is 28.8. The van der Waals surface area contributed by atoms with Crippen LogP contribution in [-0.4, -0.2) is 29.1 Å². The summed E-state index contributed by atoms with van der Waals surface area (Å²) in [7, 11) is 1.53. The molecule has 0 unspecified atom stereocenters. The van der Waals surface area contributed by atoms with E-state index in [-0.39, 0.29) is 11.6 Å². The number of nitrogens with zero attached hydrogens (tertiary/aromatic N) is 2. The van der Waals surface area contributed by atoms with Gasteiger partial charge in [-0.1, -0.05) is 12.1 Å². The maximum atomic E-state index is 12.1. The highest BCUT2D eigenvalue weighted by atomic mass is 32.1. The van der Waals surface area contributed by atoms with Gasteiger partial charge in [-0.3, -0.25) is 4.90 Å². The lowest BCUT2D eigenvalue weighted by Gasteiger charge is -2.19. The van der Waals surface area contributed by atoms with Crippen LogP contribution < -0.4 is 10.2 Å². The first-order chi connectivity index (χ1) is 9.99. The molecule has 1 aromatic carbocycles. The highest BCUT2D eigenvalue weighted by Crippen LogP contribution is 2.19. The summed E-state index contributed by atoms with van der Waals surface area (Å²) in [6.07, 6.45) is 0. The number of carboxylic acid groups (broad SMARTS) is 1. The molecule has 0 aliphatic rings. The lowest BCUT2D eigenvalue weighted by atomic mass is 10.1. The Bertz CT molecular complexity index is 669. The zero-order chi connectivity index (χ0) is 15.4. The Morgan fingerprint density at radius 2 is 2.10 bits per heavy atom. The molecule has 21 heavy (non-hydrogen) atoms. The summed E-state index contributed by atoms with van der Waals surface area (Å²) >= 11 is 1.51. The third-order valence-electron chi connectivity index (χ3n) is 2.89. The second-order valence-electron chi connectivity index (χ2n) is 4.40. The van der Waals surface area contributed by atoms with Crippen molar-refractivity contribution in [1.82, 2.24) is 10.3 Å². The van der Waals surface area contributed by atoms with Crippen molar-refractivity contribution in [3.05, 3.63) is 45.9 Å². The molecule has 0 saturated heterocycles. The van der Waals surface area contributed by atoms with Gasteiger partial charge in [0.1, 0.15) is 0 Å². The molecule has 2 rings (SSSR count). The van der Waals surface area contributed by atoms with Crippen molar-refractivity contribution in [3.63, 3.8) is 0 Å². The highest BCUT2D eigenvalue weighted by molar-refractivity contribution is 7.09. The molecule has 0 saturated carbocycles. The first kappa shape index (κ1) is 15.0. The minimum Gasteiger partial charge on any atom is -0.478 e. The summed E-state index contributed by atoms with van der Waals surface area (Å²) in [5, 5.41) is 14.7. The molecule has 1 heterocycles. The molecule has 1 aromatic heterocycles. The van der Waals surface area contributed by atoms with Gasteiger partial charge in [-0.2, -0.15) is 0 Å². The number of aromatic carboxylic acids is 1. The Balaban J connectivity index is 2.07. The molecule has 7 heteroatoms.